The number of methoxy groups -OCH3 is 2. The van der Waals surface area contributed by atoms with E-state index < -0.39 is 0 Å². The van der Waals surface area contributed by atoms with Gasteiger partial charge in [0.15, 0.2) is 17.3 Å². The second-order valence-corrected chi connectivity index (χ2v) is 5.29. The highest BCUT2D eigenvalue weighted by molar-refractivity contribution is 6.07. The van der Waals surface area contributed by atoms with Crippen LogP contribution in [-0.4, -0.2) is 25.1 Å². The fraction of sp³-hybridized carbons (Fsp3) is 0.211. The first-order chi connectivity index (χ1) is 11.0. The van der Waals surface area contributed by atoms with E-state index in [4.69, 9.17) is 9.47 Å². The van der Waals surface area contributed by atoms with Gasteiger partial charge in [-0.05, 0) is 49.2 Å². The van der Waals surface area contributed by atoms with Crippen molar-refractivity contribution in [2.45, 2.75) is 13.8 Å². The Balaban J connectivity index is 2.32. The van der Waals surface area contributed by atoms with E-state index in [1.54, 1.807) is 18.2 Å². The molecule has 0 unspecified atom stereocenters. The van der Waals surface area contributed by atoms with Gasteiger partial charge >= 0.3 is 0 Å². The predicted octanol–water partition coefficient (Wildman–Crippen LogP) is 3.92. The molecule has 2 aromatic rings. The van der Waals surface area contributed by atoms with Crippen LogP contribution in [0.2, 0.25) is 0 Å². The first kappa shape index (κ1) is 16.6. The zero-order valence-corrected chi connectivity index (χ0v) is 13.7. The van der Waals surface area contributed by atoms with Gasteiger partial charge < -0.3 is 14.6 Å². The van der Waals surface area contributed by atoms with Gasteiger partial charge in [0.25, 0.3) is 0 Å². The monoisotopic (exact) mass is 312 g/mol. The van der Waals surface area contributed by atoms with Gasteiger partial charge in [0.2, 0.25) is 5.75 Å². The highest BCUT2D eigenvalue weighted by Gasteiger charge is 2.11. The summed E-state index contributed by atoms with van der Waals surface area (Å²) >= 11 is 0. The van der Waals surface area contributed by atoms with E-state index in [9.17, 15) is 9.90 Å². The second kappa shape index (κ2) is 7.01. The SMILES string of the molecule is COc1cc(/C=C/C(=O)c2cc(C)ccc2C)cc(OC)c1O. The summed E-state index contributed by atoms with van der Waals surface area (Å²) in [5, 5.41) is 9.89. The van der Waals surface area contributed by atoms with E-state index >= 15 is 0 Å². The number of ketones is 1. The largest absolute Gasteiger partial charge is 0.502 e. The third-order valence-electron chi connectivity index (χ3n) is 3.59. The Bertz CT molecular complexity index is 735. The molecule has 1 N–H and O–H groups in total. The normalized spacial score (nSPS) is 10.8. The first-order valence-corrected chi connectivity index (χ1v) is 7.21. The Morgan fingerprint density at radius 2 is 1.65 bits per heavy atom. The van der Waals surface area contributed by atoms with Gasteiger partial charge in [0.1, 0.15) is 0 Å². The standard InChI is InChI=1S/C19H20O4/c1-12-5-6-13(2)15(9-12)16(20)8-7-14-10-17(22-3)19(21)18(11-14)23-4/h5-11,21H,1-4H3/b8-7+. The number of phenols is 1. The average molecular weight is 312 g/mol. The number of aryl methyl sites for hydroxylation is 2. The van der Waals surface area contributed by atoms with Gasteiger partial charge in [0.05, 0.1) is 14.2 Å². The van der Waals surface area contributed by atoms with Crippen LogP contribution in [0.15, 0.2) is 36.4 Å². The summed E-state index contributed by atoms with van der Waals surface area (Å²) in [6.07, 6.45) is 3.18. The van der Waals surface area contributed by atoms with Crippen molar-refractivity contribution in [3.63, 3.8) is 0 Å². The van der Waals surface area contributed by atoms with Gasteiger partial charge in [0, 0.05) is 5.56 Å². The van der Waals surface area contributed by atoms with Gasteiger partial charge in [-0.1, -0.05) is 23.8 Å². The number of carbonyl (C=O) groups excluding carboxylic acids is 1. The van der Waals surface area contributed by atoms with E-state index in [-0.39, 0.29) is 11.5 Å². The molecular weight excluding hydrogens is 292 g/mol. The lowest BCUT2D eigenvalue weighted by Gasteiger charge is -2.09. The maximum Gasteiger partial charge on any atom is 0.200 e. The lowest BCUT2D eigenvalue weighted by Crippen LogP contribution is -1.98. The minimum Gasteiger partial charge on any atom is -0.502 e. The number of allylic oxidation sites excluding steroid dienone is 1. The summed E-state index contributed by atoms with van der Waals surface area (Å²) in [4.78, 5) is 12.4. The number of hydrogen-bond acceptors (Lipinski definition) is 4. The zero-order valence-electron chi connectivity index (χ0n) is 13.7. The molecule has 0 spiro atoms. The highest BCUT2D eigenvalue weighted by atomic mass is 16.5. The van der Waals surface area contributed by atoms with Gasteiger partial charge in [-0.25, -0.2) is 0 Å². The molecule has 120 valence electrons. The predicted molar refractivity (Wildman–Crippen MR) is 90.5 cm³/mol. The van der Waals surface area contributed by atoms with Crippen LogP contribution in [-0.2, 0) is 0 Å². The number of benzene rings is 2. The van der Waals surface area contributed by atoms with Crippen molar-refractivity contribution in [3.05, 3.63) is 58.7 Å². The van der Waals surface area contributed by atoms with Crippen LogP contribution >= 0.6 is 0 Å². The molecule has 0 atom stereocenters. The van der Waals surface area contributed by atoms with Crippen molar-refractivity contribution >= 4 is 11.9 Å². The number of aromatic hydroxyl groups is 1. The minimum atomic E-state index is -0.0720. The van der Waals surface area contributed by atoms with E-state index in [0.717, 1.165) is 11.1 Å². The molecule has 0 aliphatic heterocycles. The number of hydrogen-bond donors (Lipinski definition) is 1. The molecule has 0 aliphatic carbocycles. The molecule has 0 saturated heterocycles. The molecule has 0 fully saturated rings. The summed E-state index contributed by atoms with van der Waals surface area (Å²) in [5.74, 6) is 0.455. The summed E-state index contributed by atoms with van der Waals surface area (Å²) in [7, 11) is 2.92. The molecule has 0 saturated carbocycles. The Labute approximate surface area is 136 Å². The van der Waals surface area contributed by atoms with Crippen LogP contribution in [0.5, 0.6) is 17.2 Å². The van der Waals surface area contributed by atoms with Crippen molar-refractivity contribution < 1.29 is 19.4 Å². The maximum atomic E-state index is 12.4. The Morgan fingerprint density at radius 3 is 2.22 bits per heavy atom. The molecule has 0 amide bonds. The zero-order chi connectivity index (χ0) is 17.0. The summed E-state index contributed by atoms with van der Waals surface area (Å²) in [5.41, 5.74) is 3.36. The molecule has 0 radical (unpaired) electrons. The van der Waals surface area contributed by atoms with Crippen molar-refractivity contribution in [3.8, 4) is 17.2 Å². The third kappa shape index (κ3) is 3.72. The van der Waals surface area contributed by atoms with E-state index in [2.05, 4.69) is 0 Å². The number of rotatable bonds is 5. The van der Waals surface area contributed by atoms with E-state index in [1.807, 2.05) is 32.0 Å². The maximum absolute atomic E-state index is 12.4. The lowest BCUT2D eigenvalue weighted by atomic mass is 10.0. The van der Waals surface area contributed by atoms with Gasteiger partial charge in [-0.2, -0.15) is 0 Å². The van der Waals surface area contributed by atoms with Crippen molar-refractivity contribution in [1.29, 1.82) is 0 Å². The summed E-state index contributed by atoms with van der Waals surface area (Å²) in [6.45, 7) is 3.86. The van der Waals surface area contributed by atoms with E-state index in [1.165, 1.54) is 20.3 Å². The lowest BCUT2D eigenvalue weighted by molar-refractivity contribution is 0.104. The molecule has 0 heterocycles. The summed E-state index contributed by atoms with van der Waals surface area (Å²) in [6, 6.07) is 9.07. The van der Waals surface area contributed by atoms with Crippen LogP contribution < -0.4 is 9.47 Å². The quantitative estimate of drug-likeness (QED) is 0.671. The average Bonchev–Trinajstić information content (AvgIpc) is 2.55. The van der Waals surface area contributed by atoms with Crippen LogP contribution in [0.1, 0.15) is 27.0 Å². The van der Waals surface area contributed by atoms with Crippen LogP contribution in [0.3, 0.4) is 0 Å². The second-order valence-electron chi connectivity index (χ2n) is 5.29. The Morgan fingerprint density at radius 1 is 1.04 bits per heavy atom. The number of ether oxygens (including phenoxy) is 2. The smallest absolute Gasteiger partial charge is 0.200 e. The Kier molecular flexibility index (Phi) is 5.06. The third-order valence-corrected chi connectivity index (χ3v) is 3.59. The van der Waals surface area contributed by atoms with Crippen LogP contribution in [0.25, 0.3) is 6.08 Å². The van der Waals surface area contributed by atoms with Gasteiger partial charge in [-0.15, -0.1) is 0 Å². The van der Waals surface area contributed by atoms with Crippen molar-refractivity contribution in [2.75, 3.05) is 14.2 Å². The molecule has 2 aromatic carbocycles. The molecule has 0 aromatic heterocycles. The van der Waals surface area contributed by atoms with Crippen molar-refractivity contribution in [2.24, 2.45) is 0 Å². The number of carbonyl (C=O) groups is 1. The van der Waals surface area contributed by atoms with Crippen LogP contribution in [0, 0.1) is 13.8 Å². The fourth-order valence-electron chi connectivity index (χ4n) is 2.27. The van der Waals surface area contributed by atoms with Crippen molar-refractivity contribution in [1.82, 2.24) is 0 Å². The van der Waals surface area contributed by atoms with E-state index in [0.29, 0.717) is 22.6 Å². The molecular formula is C19H20O4. The Hall–Kier alpha value is -2.75. The topological polar surface area (TPSA) is 55.8 Å². The molecule has 0 bridgehead atoms. The molecule has 4 heteroatoms. The molecule has 2 rings (SSSR count). The minimum absolute atomic E-state index is 0.0620. The summed E-state index contributed by atoms with van der Waals surface area (Å²) < 4.78 is 10.2. The van der Waals surface area contributed by atoms with Gasteiger partial charge in [-0.3, -0.25) is 4.79 Å². The molecule has 4 nitrogen and oxygen atoms in total. The first-order valence-electron chi connectivity index (χ1n) is 7.21. The number of phenolic OH excluding ortho intramolecular Hbond substituents is 1. The highest BCUT2D eigenvalue weighted by Crippen LogP contribution is 2.37. The molecule has 0 aliphatic rings. The fourth-order valence-corrected chi connectivity index (χ4v) is 2.27. The molecule has 23 heavy (non-hydrogen) atoms. The van der Waals surface area contributed by atoms with Crippen LogP contribution in [0.4, 0.5) is 0 Å².